The molecular formula is C14H16N4O4. The van der Waals surface area contributed by atoms with Crippen LogP contribution in [0.5, 0.6) is 0 Å². The summed E-state index contributed by atoms with van der Waals surface area (Å²) in [6, 6.07) is 7.27. The Morgan fingerprint density at radius 2 is 2.09 bits per heavy atom. The molecule has 0 spiro atoms. The number of aliphatic hydroxyl groups excluding tert-OH is 1. The molecule has 22 heavy (non-hydrogen) atoms. The lowest BCUT2D eigenvalue weighted by molar-refractivity contribution is -0.384. The number of hydrogen-bond acceptors (Lipinski definition) is 5. The van der Waals surface area contributed by atoms with Crippen LogP contribution in [-0.4, -0.2) is 38.4 Å². The van der Waals surface area contributed by atoms with Gasteiger partial charge in [0.15, 0.2) is 5.69 Å². The van der Waals surface area contributed by atoms with Gasteiger partial charge >= 0.3 is 0 Å². The van der Waals surface area contributed by atoms with Gasteiger partial charge in [-0.15, -0.1) is 0 Å². The summed E-state index contributed by atoms with van der Waals surface area (Å²) in [6.45, 7) is 1.79. The van der Waals surface area contributed by atoms with Crippen LogP contribution in [0.2, 0.25) is 0 Å². The minimum atomic E-state index is -0.478. The third-order valence-electron chi connectivity index (χ3n) is 3.09. The number of nitro benzene ring substituents is 1. The molecule has 0 aliphatic rings. The van der Waals surface area contributed by atoms with Crippen LogP contribution in [0.3, 0.4) is 0 Å². The molecule has 0 saturated heterocycles. The number of non-ortho nitro benzene ring substituents is 1. The van der Waals surface area contributed by atoms with Crippen molar-refractivity contribution < 1.29 is 14.8 Å². The number of benzene rings is 1. The van der Waals surface area contributed by atoms with E-state index in [9.17, 15) is 14.9 Å². The molecule has 0 saturated carbocycles. The minimum absolute atomic E-state index is 0.00131. The maximum Gasteiger partial charge on any atom is 0.271 e. The highest BCUT2D eigenvalue weighted by molar-refractivity contribution is 5.92. The minimum Gasteiger partial charge on any atom is -0.396 e. The first kappa shape index (κ1) is 15.6. The Balaban J connectivity index is 2.10. The lowest BCUT2D eigenvalue weighted by Crippen LogP contribution is -2.33. The number of carbonyl (C=O) groups excluding carboxylic acids is 1. The summed E-state index contributed by atoms with van der Waals surface area (Å²) in [6.07, 6.45) is 2.07. The number of nitrogens with one attached hydrogen (secondary N) is 1. The number of nitro groups is 1. The van der Waals surface area contributed by atoms with Crippen LogP contribution < -0.4 is 5.32 Å². The quantitative estimate of drug-likeness (QED) is 0.617. The summed E-state index contributed by atoms with van der Waals surface area (Å²) >= 11 is 0. The van der Waals surface area contributed by atoms with Gasteiger partial charge in [0.1, 0.15) is 0 Å². The van der Waals surface area contributed by atoms with Crippen LogP contribution in [0, 0.1) is 10.1 Å². The fourth-order valence-corrected chi connectivity index (χ4v) is 1.88. The van der Waals surface area contributed by atoms with Gasteiger partial charge in [0.05, 0.1) is 10.6 Å². The molecule has 0 aliphatic carbocycles. The molecular weight excluding hydrogens is 288 g/mol. The molecule has 0 radical (unpaired) electrons. The summed E-state index contributed by atoms with van der Waals surface area (Å²) in [5.41, 5.74) is 0.850. The number of carbonyl (C=O) groups is 1. The van der Waals surface area contributed by atoms with E-state index in [1.54, 1.807) is 31.3 Å². The zero-order chi connectivity index (χ0) is 16.1. The van der Waals surface area contributed by atoms with E-state index in [-0.39, 0.29) is 29.9 Å². The van der Waals surface area contributed by atoms with Crippen LogP contribution in [0.4, 0.5) is 5.69 Å². The second-order valence-electron chi connectivity index (χ2n) is 4.81. The number of aromatic nitrogens is 2. The van der Waals surface area contributed by atoms with E-state index in [2.05, 4.69) is 10.4 Å². The SMILES string of the molecule is CC(CCO)NC(=O)c1ccn(-c2ccc([N+](=O)[O-])cc2)n1. The summed E-state index contributed by atoms with van der Waals surface area (Å²) in [5, 5.41) is 26.3. The van der Waals surface area contributed by atoms with E-state index in [4.69, 9.17) is 5.11 Å². The molecule has 0 fully saturated rings. The van der Waals surface area contributed by atoms with Crippen LogP contribution in [-0.2, 0) is 0 Å². The van der Waals surface area contributed by atoms with Gasteiger partial charge in [-0.3, -0.25) is 14.9 Å². The van der Waals surface area contributed by atoms with Crippen molar-refractivity contribution >= 4 is 11.6 Å². The van der Waals surface area contributed by atoms with Crippen molar-refractivity contribution in [2.45, 2.75) is 19.4 Å². The molecule has 116 valence electrons. The zero-order valence-corrected chi connectivity index (χ0v) is 12.0. The van der Waals surface area contributed by atoms with Crippen LogP contribution >= 0.6 is 0 Å². The van der Waals surface area contributed by atoms with Crippen molar-refractivity contribution in [1.82, 2.24) is 15.1 Å². The van der Waals surface area contributed by atoms with E-state index in [0.29, 0.717) is 12.1 Å². The summed E-state index contributed by atoms with van der Waals surface area (Å²) in [4.78, 5) is 22.1. The Bertz CT molecular complexity index is 666. The average Bonchev–Trinajstić information content (AvgIpc) is 2.97. The van der Waals surface area contributed by atoms with Crippen molar-refractivity contribution in [3.05, 3.63) is 52.3 Å². The highest BCUT2D eigenvalue weighted by atomic mass is 16.6. The molecule has 1 amide bonds. The normalized spacial score (nSPS) is 11.9. The Labute approximate surface area is 126 Å². The maximum absolute atomic E-state index is 12.0. The van der Waals surface area contributed by atoms with Crippen LogP contribution in [0.1, 0.15) is 23.8 Å². The highest BCUT2D eigenvalue weighted by Gasteiger charge is 2.13. The number of aliphatic hydroxyl groups is 1. The second-order valence-corrected chi connectivity index (χ2v) is 4.81. The van der Waals surface area contributed by atoms with Crippen molar-refractivity contribution in [2.24, 2.45) is 0 Å². The number of hydrogen-bond donors (Lipinski definition) is 2. The van der Waals surface area contributed by atoms with E-state index in [1.807, 2.05) is 0 Å². The largest absolute Gasteiger partial charge is 0.396 e. The smallest absolute Gasteiger partial charge is 0.271 e. The maximum atomic E-state index is 12.0. The first-order valence-electron chi connectivity index (χ1n) is 6.73. The Morgan fingerprint density at radius 3 is 2.68 bits per heavy atom. The third-order valence-corrected chi connectivity index (χ3v) is 3.09. The zero-order valence-electron chi connectivity index (χ0n) is 12.0. The summed E-state index contributed by atoms with van der Waals surface area (Å²) in [5.74, 6) is -0.332. The fourth-order valence-electron chi connectivity index (χ4n) is 1.88. The van der Waals surface area contributed by atoms with Gasteiger partial charge in [0, 0.05) is 31.0 Å². The lowest BCUT2D eigenvalue weighted by Gasteiger charge is -2.10. The summed E-state index contributed by atoms with van der Waals surface area (Å²) in [7, 11) is 0. The molecule has 1 aromatic heterocycles. The van der Waals surface area contributed by atoms with E-state index >= 15 is 0 Å². The van der Waals surface area contributed by atoms with Gasteiger partial charge in [0.2, 0.25) is 0 Å². The van der Waals surface area contributed by atoms with Crippen molar-refractivity contribution in [3.63, 3.8) is 0 Å². The summed E-state index contributed by atoms with van der Waals surface area (Å²) < 4.78 is 1.47. The van der Waals surface area contributed by atoms with Crippen LogP contribution in [0.25, 0.3) is 5.69 Å². The first-order valence-corrected chi connectivity index (χ1v) is 6.73. The molecule has 1 unspecified atom stereocenters. The van der Waals surface area contributed by atoms with Crippen molar-refractivity contribution in [2.75, 3.05) is 6.61 Å². The van der Waals surface area contributed by atoms with E-state index < -0.39 is 4.92 Å². The lowest BCUT2D eigenvalue weighted by atomic mass is 10.2. The van der Waals surface area contributed by atoms with E-state index in [0.717, 1.165) is 0 Å². The van der Waals surface area contributed by atoms with Gasteiger partial charge in [-0.25, -0.2) is 4.68 Å². The molecule has 1 atom stereocenters. The molecule has 0 bridgehead atoms. The number of amides is 1. The number of nitrogens with zero attached hydrogens (tertiary/aromatic N) is 3. The van der Waals surface area contributed by atoms with Gasteiger partial charge in [-0.05, 0) is 31.5 Å². The second kappa shape index (κ2) is 6.81. The molecule has 2 N–H and O–H groups in total. The first-order chi connectivity index (χ1) is 10.5. The number of rotatable bonds is 6. The fraction of sp³-hybridized carbons (Fsp3) is 0.286. The molecule has 0 aliphatic heterocycles. The highest BCUT2D eigenvalue weighted by Crippen LogP contribution is 2.15. The van der Waals surface area contributed by atoms with Gasteiger partial charge in [0.25, 0.3) is 11.6 Å². The van der Waals surface area contributed by atoms with Gasteiger partial charge in [-0.2, -0.15) is 5.10 Å². The van der Waals surface area contributed by atoms with Crippen molar-refractivity contribution in [3.8, 4) is 5.69 Å². The Morgan fingerprint density at radius 1 is 1.41 bits per heavy atom. The molecule has 8 nitrogen and oxygen atoms in total. The molecule has 2 aromatic rings. The van der Waals surface area contributed by atoms with E-state index in [1.165, 1.54) is 16.8 Å². The van der Waals surface area contributed by atoms with Crippen molar-refractivity contribution in [1.29, 1.82) is 0 Å². The monoisotopic (exact) mass is 304 g/mol. The molecule has 1 heterocycles. The van der Waals surface area contributed by atoms with Gasteiger partial charge in [-0.1, -0.05) is 0 Å². The predicted molar refractivity (Wildman–Crippen MR) is 78.8 cm³/mol. The molecule has 2 rings (SSSR count). The third kappa shape index (κ3) is 3.67. The Hall–Kier alpha value is -2.74. The van der Waals surface area contributed by atoms with Gasteiger partial charge < -0.3 is 10.4 Å². The topological polar surface area (TPSA) is 110 Å². The molecule has 1 aromatic carbocycles. The standard InChI is InChI=1S/C14H16N4O4/c1-10(7-9-19)15-14(20)13-6-8-17(16-13)11-2-4-12(5-3-11)18(21)22/h2-6,8,10,19H,7,9H2,1H3,(H,15,20). The predicted octanol–water partition coefficient (Wildman–Crippen LogP) is 1.28. The average molecular weight is 304 g/mol. The Kier molecular flexibility index (Phi) is 4.84. The molecule has 8 heteroatoms. The van der Waals surface area contributed by atoms with Crippen LogP contribution in [0.15, 0.2) is 36.5 Å².